The molecule has 1 atom stereocenters. The van der Waals surface area contributed by atoms with Crippen LogP contribution in [-0.2, 0) is 11.2 Å². The Morgan fingerprint density at radius 1 is 1.09 bits per heavy atom. The van der Waals surface area contributed by atoms with Crippen LogP contribution in [0.3, 0.4) is 0 Å². The van der Waals surface area contributed by atoms with Crippen LogP contribution in [-0.4, -0.2) is 34.4 Å². The van der Waals surface area contributed by atoms with Gasteiger partial charge in [-0.2, -0.15) is 0 Å². The molecule has 1 amide bonds. The lowest BCUT2D eigenvalue weighted by atomic mass is 10.00. The van der Waals surface area contributed by atoms with Crippen LogP contribution in [0.2, 0.25) is 0 Å². The number of rotatable bonds is 6. The summed E-state index contributed by atoms with van der Waals surface area (Å²) < 4.78 is 5.28. The molecular formula is C27H31N3O3. The highest BCUT2D eigenvalue weighted by Gasteiger charge is 2.27. The Labute approximate surface area is 194 Å². The van der Waals surface area contributed by atoms with E-state index in [-0.39, 0.29) is 17.5 Å². The summed E-state index contributed by atoms with van der Waals surface area (Å²) in [6, 6.07) is 17.7. The summed E-state index contributed by atoms with van der Waals surface area (Å²) in [5.74, 6) is 1.45. The lowest BCUT2D eigenvalue weighted by Crippen LogP contribution is -2.35. The molecular weight excluding hydrogens is 414 g/mol. The Morgan fingerprint density at radius 2 is 1.85 bits per heavy atom. The molecule has 4 rings (SSSR count). The number of hydrogen-bond donors (Lipinski definition) is 1. The highest BCUT2D eigenvalue weighted by atomic mass is 16.5. The number of amides is 1. The van der Waals surface area contributed by atoms with Gasteiger partial charge < -0.3 is 14.6 Å². The van der Waals surface area contributed by atoms with Crippen LogP contribution in [0.4, 0.5) is 0 Å². The fraction of sp³-hybridized carbons (Fsp3) is 0.370. The fourth-order valence-electron chi connectivity index (χ4n) is 4.59. The van der Waals surface area contributed by atoms with E-state index in [1.165, 1.54) is 0 Å². The van der Waals surface area contributed by atoms with E-state index in [4.69, 9.17) is 4.74 Å². The highest BCUT2D eigenvalue weighted by molar-refractivity contribution is 5.77. The number of carbonyl (C=O) groups excluding carboxylic acids is 1. The van der Waals surface area contributed by atoms with E-state index < -0.39 is 0 Å². The van der Waals surface area contributed by atoms with Gasteiger partial charge in [0.2, 0.25) is 5.91 Å². The van der Waals surface area contributed by atoms with Gasteiger partial charge >= 0.3 is 0 Å². The van der Waals surface area contributed by atoms with E-state index in [0.717, 1.165) is 49.1 Å². The monoisotopic (exact) mass is 445 g/mol. The van der Waals surface area contributed by atoms with Gasteiger partial charge in [-0.25, -0.2) is 4.98 Å². The van der Waals surface area contributed by atoms with Crippen molar-refractivity contribution in [3.8, 4) is 17.1 Å². The zero-order chi connectivity index (χ0) is 23.2. The maximum Gasteiger partial charge on any atom is 0.254 e. The number of aromatic amines is 1. The maximum atomic E-state index is 13.3. The summed E-state index contributed by atoms with van der Waals surface area (Å²) in [6.07, 6.45) is 4.86. The predicted octanol–water partition coefficient (Wildman–Crippen LogP) is 4.83. The van der Waals surface area contributed by atoms with Crippen molar-refractivity contribution in [1.29, 1.82) is 0 Å². The van der Waals surface area contributed by atoms with Gasteiger partial charge in [0.25, 0.3) is 5.56 Å². The molecule has 1 fully saturated rings. The van der Waals surface area contributed by atoms with E-state index in [9.17, 15) is 9.59 Å². The second kappa shape index (κ2) is 10.5. The van der Waals surface area contributed by atoms with Crippen molar-refractivity contribution in [2.24, 2.45) is 0 Å². The van der Waals surface area contributed by atoms with Gasteiger partial charge in [0, 0.05) is 29.8 Å². The lowest BCUT2D eigenvalue weighted by Gasteiger charge is -2.31. The molecule has 0 unspecified atom stereocenters. The number of nitrogens with one attached hydrogen (secondary N) is 1. The molecule has 0 aliphatic carbocycles. The van der Waals surface area contributed by atoms with Crippen molar-refractivity contribution in [3.63, 3.8) is 0 Å². The van der Waals surface area contributed by atoms with E-state index >= 15 is 0 Å². The zero-order valence-electron chi connectivity index (χ0n) is 19.3. The van der Waals surface area contributed by atoms with Crippen molar-refractivity contribution < 1.29 is 9.53 Å². The molecule has 3 aromatic rings. The zero-order valence-corrected chi connectivity index (χ0v) is 19.3. The van der Waals surface area contributed by atoms with Crippen molar-refractivity contribution in [1.82, 2.24) is 14.9 Å². The van der Waals surface area contributed by atoms with E-state index in [0.29, 0.717) is 29.9 Å². The lowest BCUT2D eigenvalue weighted by molar-refractivity contribution is -0.133. The van der Waals surface area contributed by atoms with Crippen LogP contribution in [0.25, 0.3) is 11.4 Å². The number of aryl methyl sites for hydroxylation is 1. The first kappa shape index (κ1) is 22.8. The minimum absolute atomic E-state index is 0.0591. The number of carbonyl (C=O) groups is 1. The van der Waals surface area contributed by atoms with Gasteiger partial charge in [-0.05, 0) is 43.9 Å². The van der Waals surface area contributed by atoms with Crippen LogP contribution in [0.15, 0.2) is 59.4 Å². The Balaban J connectivity index is 1.50. The van der Waals surface area contributed by atoms with Gasteiger partial charge in [0.05, 0.1) is 13.2 Å². The fourth-order valence-corrected chi connectivity index (χ4v) is 4.59. The highest BCUT2D eigenvalue weighted by Crippen LogP contribution is 2.31. The number of nitrogens with zero attached hydrogens (tertiary/aromatic N) is 2. The second-order valence-corrected chi connectivity index (χ2v) is 8.57. The minimum Gasteiger partial charge on any atom is -0.497 e. The number of hydrogen-bond acceptors (Lipinski definition) is 4. The van der Waals surface area contributed by atoms with Gasteiger partial charge in [0.15, 0.2) is 0 Å². The molecule has 2 heterocycles. The summed E-state index contributed by atoms with van der Waals surface area (Å²) >= 11 is 0. The molecule has 0 saturated carbocycles. The van der Waals surface area contributed by atoms with Gasteiger partial charge in [-0.1, -0.05) is 55.3 Å². The van der Waals surface area contributed by atoms with Crippen LogP contribution in [0.1, 0.15) is 55.0 Å². The quantitative estimate of drug-likeness (QED) is 0.590. The van der Waals surface area contributed by atoms with Crippen LogP contribution in [0.5, 0.6) is 5.75 Å². The molecule has 1 N–H and O–H groups in total. The number of likely N-dealkylation sites (tertiary alicyclic amines) is 1. The number of ether oxygens (including phenoxy) is 1. The van der Waals surface area contributed by atoms with Crippen LogP contribution in [0, 0.1) is 6.92 Å². The first-order valence-corrected chi connectivity index (χ1v) is 11.7. The van der Waals surface area contributed by atoms with Crippen LogP contribution >= 0.6 is 0 Å². The summed E-state index contributed by atoms with van der Waals surface area (Å²) in [7, 11) is 1.65. The summed E-state index contributed by atoms with van der Waals surface area (Å²) in [5, 5.41) is 0. The predicted molar refractivity (Wildman–Crippen MR) is 129 cm³/mol. The first-order chi connectivity index (χ1) is 16.1. The molecule has 6 nitrogen and oxygen atoms in total. The number of methoxy groups -OCH3 is 1. The molecule has 1 aliphatic rings. The molecule has 0 radical (unpaired) electrons. The topological polar surface area (TPSA) is 75.3 Å². The molecule has 0 bridgehead atoms. The Kier molecular flexibility index (Phi) is 7.23. The Morgan fingerprint density at radius 3 is 2.55 bits per heavy atom. The normalized spacial score (nSPS) is 16.3. The molecule has 33 heavy (non-hydrogen) atoms. The molecule has 1 aromatic heterocycles. The van der Waals surface area contributed by atoms with E-state index in [2.05, 4.69) is 22.1 Å². The van der Waals surface area contributed by atoms with Crippen molar-refractivity contribution in [2.75, 3.05) is 13.7 Å². The number of aromatic nitrogens is 2. The van der Waals surface area contributed by atoms with Crippen molar-refractivity contribution in [2.45, 2.75) is 51.5 Å². The standard InChI is InChI=1S/C27H31N3O3/c1-19-23(27(32)29-26(28-19)21-9-5-3-6-10-21)16-17-25(31)30-18-8-4-7-11-24(30)20-12-14-22(33-2)15-13-20/h3,5-6,9-10,12-15,24H,4,7-8,11,16-18H2,1-2H3,(H,28,29,32)/t24-/m0/s1. The average molecular weight is 446 g/mol. The third-order valence-electron chi connectivity index (χ3n) is 6.43. The SMILES string of the molecule is COc1ccc([C@@H]2CCCCCN2C(=O)CCc2c(C)nc(-c3ccccc3)[nH]c2=O)cc1. The number of H-pyrrole nitrogens is 1. The van der Waals surface area contributed by atoms with Gasteiger partial charge in [-0.3, -0.25) is 9.59 Å². The van der Waals surface area contributed by atoms with Crippen LogP contribution < -0.4 is 10.3 Å². The molecule has 0 spiro atoms. The molecule has 1 aliphatic heterocycles. The maximum absolute atomic E-state index is 13.3. The van der Waals surface area contributed by atoms with Crippen molar-refractivity contribution >= 4 is 5.91 Å². The molecule has 2 aromatic carbocycles. The molecule has 6 heteroatoms. The van der Waals surface area contributed by atoms with Crippen molar-refractivity contribution in [3.05, 3.63) is 81.8 Å². The number of benzene rings is 2. The Hall–Kier alpha value is -3.41. The summed E-state index contributed by atoms with van der Waals surface area (Å²) in [4.78, 5) is 35.6. The first-order valence-electron chi connectivity index (χ1n) is 11.7. The molecule has 172 valence electrons. The van der Waals surface area contributed by atoms with Gasteiger partial charge in [0.1, 0.15) is 11.6 Å². The third kappa shape index (κ3) is 5.33. The minimum atomic E-state index is -0.170. The van der Waals surface area contributed by atoms with E-state index in [1.54, 1.807) is 7.11 Å². The van der Waals surface area contributed by atoms with Gasteiger partial charge in [-0.15, -0.1) is 0 Å². The Bertz CT molecular complexity index is 1140. The van der Waals surface area contributed by atoms with E-state index in [1.807, 2.05) is 54.3 Å². The smallest absolute Gasteiger partial charge is 0.254 e. The molecule has 1 saturated heterocycles. The third-order valence-corrected chi connectivity index (χ3v) is 6.43. The summed E-state index contributed by atoms with van der Waals surface area (Å²) in [6.45, 7) is 2.59. The summed E-state index contributed by atoms with van der Waals surface area (Å²) in [5.41, 5.74) is 3.09. The average Bonchev–Trinajstić information content (AvgIpc) is 3.10. The largest absolute Gasteiger partial charge is 0.497 e. The second-order valence-electron chi connectivity index (χ2n) is 8.57.